The van der Waals surface area contributed by atoms with Crippen LogP contribution in [-0.2, 0) is 35.2 Å². The van der Waals surface area contributed by atoms with Crippen molar-refractivity contribution < 1.29 is 39.4 Å². The van der Waals surface area contributed by atoms with E-state index in [0.717, 1.165) is 44.5 Å². The maximum atomic E-state index is 11.5. The molecule has 8 nitrogen and oxygen atoms in total. The van der Waals surface area contributed by atoms with Gasteiger partial charge in [-0.25, -0.2) is 0 Å². The van der Waals surface area contributed by atoms with Gasteiger partial charge in [-0.1, -0.05) is 72.8 Å². The zero-order chi connectivity index (χ0) is 30.7. The molecule has 0 fully saturated rings. The molecule has 0 unspecified atom stereocenters. The van der Waals surface area contributed by atoms with Crippen LogP contribution >= 0.6 is 0 Å². The van der Waals surface area contributed by atoms with Gasteiger partial charge in [0.1, 0.15) is 36.2 Å². The lowest BCUT2D eigenvalue weighted by Gasteiger charge is -2.20. The average Bonchev–Trinajstić information content (AvgIpc) is 3.02. The lowest BCUT2D eigenvalue weighted by molar-refractivity contribution is 0.0701. The normalized spacial score (nSPS) is 12.6. The van der Waals surface area contributed by atoms with Crippen molar-refractivity contribution >= 4 is 0 Å². The summed E-state index contributed by atoms with van der Waals surface area (Å²) in [4.78, 5) is 0. The molecule has 4 aromatic carbocycles. The molecule has 4 aromatic rings. The van der Waals surface area contributed by atoms with Crippen LogP contribution in [0.3, 0.4) is 0 Å². The lowest BCUT2D eigenvalue weighted by atomic mass is 9.91. The van der Waals surface area contributed by atoms with Gasteiger partial charge in [0.15, 0.2) is 0 Å². The van der Waals surface area contributed by atoms with Crippen LogP contribution in [0.2, 0.25) is 0 Å². The topological polar surface area (TPSA) is 118 Å². The summed E-state index contributed by atoms with van der Waals surface area (Å²) in [5.74, 6) is 1.86. The average molecular weight is 601 g/mol. The number of fused-ring (bicyclic) bond motifs is 8. The molecule has 5 rings (SSSR count). The van der Waals surface area contributed by atoms with Crippen LogP contribution < -0.4 is 9.47 Å². The first-order chi connectivity index (χ1) is 21.6. The highest BCUT2D eigenvalue weighted by atomic mass is 16.5. The van der Waals surface area contributed by atoms with Gasteiger partial charge in [-0.2, -0.15) is 0 Å². The summed E-state index contributed by atoms with van der Waals surface area (Å²) in [5, 5.41) is 41.1. The van der Waals surface area contributed by atoms with Gasteiger partial charge < -0.3 is 39.4 Å². The van der Waals surface area contributed by atoms with Gasteiger partial charge >= 0.3 is 0 Å². The highest BCUT2D eigenvalue weighted by Gasteiger charge is 2.20. The second-order valence-corrected chi connectivity index (χ2v) is 10.7. The number of phenols is 2. The van der Waals surface area contributed by atoms with E-state index >= 15 is 0 Å². The molecule has 0 saturated heterocycles. The number of aliphatic hydroxyl groups is 2. The SMILES string of the molecule is OCCOCCOc1c2cccc1Cc1cccc(c1O)Cc1cccc(c1OCCOCCO)Cc1cccc(c1O)C2. The first-order valence-corrected chi connectivity index (χ1v) is 15.0. The molecule has 8 heteroatoms. The van der Waals surface area contributed by atoms with E-state index < -0.39 is 0 Å². The molecule has 44 heavy (non-hydrogen) atoms. The van der Waals surface area contributed by atoms with Crippen LogP contribution in [0.5, 0.6) is 23.0 Å². The molecule has 0 radical (unpaired) electrons. The summed E-state index contributed by atoms with van der Waals surface area (Å²) in [5.41, 5.74) is 6.73. The quantitative estimate of drug-likeness (QED) is 0.154. The molecule has 232 valence electrons. The molecule has 0 spiro atoms. The third kappa shape index (κ3) is 7.70. The van der Waals surface area contributed by atoms with Crippen molar-refractivity contribution in [2.24, 2.45) is 0 Å². The van der Waals surface area contributed by atoms with Crippen molar-refractivity contribution in [1.82, 2.24) is 0 Å². The van der Waals surface area contributed by atoms with E-state index in [1.54, 1.807) is 0 Å². The maximum Gasteiger partial charge on any atom is 0.126 e. The van der Waals surface area contributed by atoms with E-state index in [4.69, 9.17) is 29.2 Å². The molecule has 0 amide bonds. The molecular weight excluding hydrogens is 560 g/mol. The van der Waals surface area contributed by atoms with Gasteiger partial charge in [-0.3, -0.25) is 0 Å². The Labute approximate surface area is 258 Å². The molecule has 0 heterocycles. The van der Waals surface area contributed by atoms with Crippen molar-refractivity contribution in [3.8, 4) is 23.0 Å². The highest BCUT2D eigenvalue weighted by molar-refractivity contribution is 5.55. The van der Waals surface area contributed by atoms with Crippen molar-refractivity contribution in [2.45, 2.75) is 25.7 Å². The molecule has 0 saturated carbocycles. The Kier molecular flexibility index (Phi) is 11.1. The molecule has 4 N–H and O–H groups in total. The first-order valence-electron chi connectivity index (χ1n) is 15.0. The smallest absolute Gasteiger partial charge is 0.126 e. The number of aliphatic hydroxyl groups excluding tert-OH is 2. The Bertz CT molecular complexity index is 1330. The fourth-order valence-electron chi connectivity index (χ4n) is 5.62. The maximum absolute atomic E-state index is 11.5. The van der Waals surface area contributed by atoms with E-state index in [1.165, 1.54) is 0 Å². The summed E-state index contributed by atoms with van der Waals surface area (Å²) in [6, 6.07) is 23.5. The fourth-order valence-corrected chi connectivity index (χ4v) is 5.62. The molecule has 0 atom stereocenters. The Hall–Kier alpha value is -4.08. The number of aromatic hydroxyl groups is 2. The van der Waals surface area contributed by atoms with Gasteiger partial charge in [0.05, 0.1) is 39.6 Å². The van der Waals surface area contributed by atoms with Crippen molar-refractivity contribution in [1.29, 1.82) is 0 Å². The lowest BCUT2D eigenvalue weighted by Crippen LogP contribution is -2.12. The molecule has 1 aliphatic carbocycles. The van der Waals surface area contributed by atoms with Crippen molar-refractivity contribution in [3.63, 3.8) is 0 Å². The van der Waals surface area contributed by atoms with Gasteiger partial charge in [-0.15, -0.1) is 0 Å². The van der Waals surface area contributed by atoms with Crippen molar-refractivity contribution in [2.75, 3.05) is 52.9 Å². The number of ether oxygens (including phenoxy) is 4. The fraction of sp³-hybridized carbons (Fsp3) is 0.333. The molecule has 8 bridgehead atoms. The van der Waals surface area contributed by atoms with E-state index in [2.05, 4.69) is 0 Å². The summed E-state index contributed by atoms with van der Waals surface area (Å²) < 4.78 is 23.4. The van der Waals surface area contributed by atoms with Crippen molar-refractivity contribution in [3.05, 3.63) is 117 Å². The van der Waals surface area contributed by atoms with Gasteiger partial charge in [0, 0.05) is 25.7 Å². The Morgan fingerprint density at radius 2 is 0.705 bits per heavy atom. The summed E-state index contributed by atoms with van der Waals surface area (Å²) in [6.07, 6.45) is 1.77. The summed E-state index contributed by atoms with van der Waals surface area (Å²) >= 11 is 0. The number of para-hydroxylation sites is 4. The minimum atomic E-state index is -0.0523. The minimum absolute atomic E-state index is 0.0523. The predicted octanol–water partition coefficient (Wildman–Crippen LogP) is 4.55. The Balaban J connectivity index is 1.57. The first kappa shape index (κ1) is 31.3. The number of phenolic OH excluding ortho intramolecular Hbond substituents is 2. The molecule has 1 aliphatic rings. The van der Waals surface area contributed by atoms with E-state index in [0.29, 0.717) is 63.6 Å². The second kappa shape index (κ2) is 15.6. The Morgan fingerprint density at radius 3 is 1.00 bits per heavy atom. The highest BCUT2D eigenvalue weighted by Crippen LogP contribution is 2.37. The van der Waals surface area contributed by atoms with Gasteiger partial charge in [0.25, 0.3) is 0 Å². The Morgan fingerprint density at radius 1 is 0.409 bits per heavy atom. The second-order valence-electron chi connectivity index (χ2n) is 10.7. The summed E-state index contributed by atoms with van der Waals surface area (Å²) in [6.45, 7) is 1.62. The third-order valence-corrected chi connectivity index (χ3v) is 7.71. The zero-order valence-electron chi connectivity index (χ0n) is 24.8. The molecule has 0 aromatic heterocycles. The predicted molar refractivity (Wildman–Crippen MR) is 167 cm³/mol. The number of hydrogen-bond acceptors (Lipinski definition) is 8. The van der Waals surface area contributed by atoms with E-state index in [1.807, 2.05) is 72.8 Å². The minimum Gasteiger partial charge on any atom is -0.507 e. The van der Waals surface area contributed by atoms with Gasteiger partial charge in [-0.05, 0) is 44.5 Å². The van der Waals surface area contributed by atoms with Crippen LogP contribution in [0.4, 0.5) is 0 Å². The molecular formula is C36H40O8. The largest absolute Gasteiger partial charge is 0.507 e. The zero-order valence-corrected chi connectivity index (χ0v) is 24.8. The third-order valence-electron chi connectivity index (χ3n) is 7.71. The number of benzene rings is 4. The van der Waals surface area contributed by atoms with E-state index in [-0.39, 0.29) is 37.9 Å². The summed E-state index contributed by atoms with van der Waals surface area (Å²) in [7, 11) is 0. The van der Waals surface area contributed by atoms with Crippen LogP contribution in [0.15, 0.2) is 72.8 Å². The van der Waals surface area contributed by atoms with Crippen LogP contribution in [-0.4, -0.2) is 73.3 Å². The molecule has 0 aliphatic heterocycles. The number of rotatable bonds is 12. The van der Waals surface area contributed by atoms with Gasteiger partial charge in [0.2, 0.25) is 0 Å². The monoisotopic (exact) mass is 600 g/mol. The van der Waals surface area contributed by atoms with E-state index in [9.17, 15) is 10.2 Å². The number of hydrogen-bond donors (Lipinski definition) is 4. The van der Waals surface area contributed by atoms with Crippen LogP contribution in [0.25, 0.3) is 0 Å². The standard InChI is InChI=1S/C36H40O8/c37-13-15-41-17-19-43-35-29-9-3-11-31(35)23-27-7-2-8-28(34(27)40)24-32-12-4-10-30(36(32)44-20-18-42-16-14-38)22-26-6-1-5-25(21-29)33(26)39/h1-12,37-40H,13-24H2. The van der Waals surface area contributed by atoms with Crippen LogP contribution in [0.1, 0.15) is 44.5 Å². The van der Waals surface area contributed by atoms with Crippen LogP contribution in [0, 0.1) is 0 Å².